The molecular formula is C3Cl2LiNS. The van der Waals surface area contributed by atoms with E-state index in [-0.39, 0.29) is 0 Å². The van der Waals surface area contributed by atoms with Crippen molar-refractivity contribution >= 4 is 55.8 Å². The van der Waals surface area contributed by atoms with Crippen molar-refractivity contribution in [2.45, 2.75) is 0 Å². The summed E-state index contributed by atoms with van der Waals surface area (Å²) in [4.78, 5) is 3.76. The molecule has 0 N–H and O–H groups in total. The average molecular weight is 160 g/mol. The Hall–Kier alpha value is 0.807. The zero-order valence-corrected chi connectivity index (χ0v) is 6.44. The number of aromatic nitrogens is 1. The molecular weight excluding hydrogens is 160 g/mol. The van der Waals surface area contributed by atoms with E-state index >= 15 is 0 Å². The molecule has 0 saturated heterocycles. The van der Waals surface area contributed by atoms with Crippen molar-refractivity contribution in [2.75, 3.05) is 0 Å². The second-order valence-electron chi connectivity index (χ2n) is 1.31. The van der Waals surface area contributed by atoms with Gasteiger partial charge in [-0.2, -0.15) is 0 Å². The molecule has 1 aromatic rings. The zero-order chi connectivity index (χ0) is 6.15. The van der Waals surface area contributed by atoms with Gasteiger partial charge in [0.25, 0.3) is 0 Å². The van der Waals surface area contributed by atoms with Gasteiger partial charge in [-0.15, -0.1) is 0 Å². The van der Waals surface area contributed by atoms with Gasteiger partial charge in [-0.1, -0.05) is 0 Å². The summed E-state index contributed by atoms with van der Waals surface area (Å²) in [5, 5.41) is 0.514. The Morgan fingerprint density at radius 2 is 2.12 bits per heavy atom. The summed E-state index contributed by atoms with van der Waals surface area (Å²) in [5.41, 5.74) is 0. The third kappa shape index (κ3) is 1.40. The van der Waals surface area contributed by atoms with Crippen LogP contribution >= 0.6 is 34.5 Å². The van der Waals surface area contributed by atoms with E-state index in [4.69, 9.17) is 23.2 Å². The van der Waals surface area contributed by atoms with Crippen molar-refractivity contribution in [1.82, 2.24) is 4.98 Å². The molecule has 0 atom stereocenters. The van der Waals surface area contributed by atoms with Gasteiger partial charge in [0.15, 0.2) is 0 Å². The number of nitrogens with zero attached hydrogens (tertiary/aromatic N) is 1. The van der Waals surface area contributed by atoms with Crippen LogP contribution in [0.5, 0.6) is 0 Å². The zero-order valence-electron chi connectivity index (χ0n) is 4.11. The molecule has 0 fully saturated rings. The summed E-state index contributed by atoms with van der Waals surface area (Å²) < 4.78 is 1.48. The van der Waals surface area contributed by atoms with E-state index < -0.39 is 0 Å². The molecule has 0 spiro atoms. The minimum absolute atomic E-state index is 0.507. The molecule has 0 radical (unpaired) electrons. The number of halogens is 2. The molecule has 8 heavy (non-hydrogen) atoms. The molecule has 1 heterocycles. The first-order valence-electron chi connectivity index (χ1n) is 1.98. The van der Waals surface area contributed by atoms with Gasteiger partial charge in [0, 0.05) is 0 Å². The summed E-state index contributed by atoms with van der Waals surface area (Å²) in [6.07, 6.45) is 0. The Kier molecular flexibility index (Phi) is 2.25. The van der Waals surface area contributed by atoms with Crippen molar-refractivity contribution in [3.8, 4) is 0 Å². The number of thiazole rings is 1. The van der Waals surface area contributed by atoms with Gasteiger partial charge in [0.2, 0.25) is 0 Å². The van der Waals surface area contributed by atoms with Crippen molar-refractivity contribution in [3.63, 3.8) is 0 Å². The first-order chi connectivity index (χ1) is 3.70. The van der Waals surface area contributed by atoms with Crippen LogP contribution in [0.2, 0.25) is 9.62 Å². The second-order valence-corrected chi connectivity index (χ2v) is 3.46. The van der Waals surface area contributed by atoms with Gasteiger partial charge < -0.3 is 0 Å². The van der Waals surface area contributed by atoms with Crippen LogP contribution in [0.1, 0.15) is 0 Å². The van der Waals surface area contributed by atoms with Crippen LogP contribution in [-0.2, 0) is 0 Å². The van der Waals surface area contributed by atoms with Crippen LogP contribution in [0.4, 0.5) is 0 Å². The number of rotatable bonds is 0. The molecule has 0 unspecified atom stereocenters. The Balaban J connectivity index is 3.14. The monoisotopic (exact) mass is 159 g/mol. The molecule has 38 valence electrons. The van der Waals surface area contributed by atoms with E-state index in [1.807, 2.05) is 17.7 Å². The van der Waals surface area contributed by atoms with Gasteiger partial charge in [0.1, 0.15) is 0 Å². The summed E-state index contributed by atoms with van der Waals surface area (Å²) >= 11 is 14.3. The van der Waals surface area contributed by atoms with Crippen molar-refractivity contribution in [3.05, 3.63) is 9.62 Å². The summed E-state index contributed by atoms with van der Waals surface area (Å²) in [7, 11) is 0. The Labute approximate surface area is 70.2 Å². The van der Waals surface area contributed by atoms with E-state index in [1.54, 1.807) is 0 Å². The van der Waals surface area contributed by atoms with Gasteiger partial charge in [0.05, 0.1) is 0 Å². The predicted octanol–water partition coefficient (Wildman–Crippen LogP) is 1.24. The number of hydrogen-bond acceptors (Lipinski definition) is 2. The molecule has 1 aromatic heterocycles. The first kappa shape index (κ1) is 6.92. The fraction of sp³-hybridized carbons (Fsp3) is 0. The van der Waals surface area contributed by atoms with Gasteiger partial charge in [-0.25, -0.2) is 0 Å². The molecule has 0 saturated carbocycles. The van der Waals surface area contributed by atoms with E-state index in [0.29, 0.717) is 9.62 Å². The van der Waals surface area contributed by atoms with Crippen molar-refractivity contribution in [2.24, 2.45) is 0 Å². The fourth-order valence-electron chi connectivity index (χ4n) is 0.347. The molecule has 0 bridgehead atoms. The van der Waals surface area contributed by atoms with Crippen molar-refractivity contribution < 1.29 is 0 Å². The number of hydrogen-bond donors (Lipinski definition) is 0. The topological polar surface area (TPSA) is 12.9 Å². The first-order valence-corrected chi connectivity index (χ1v) is 3.56. The van der Waals surface area contributed by atoms with Crippen LogP contribution in [0.3, 0.4) is 0 Å². The summed E-state index contributed by atoms with van der Waals surface area (Å²) in [5.74, 6) is 0. The quantitative estimate of drug-likeness (QED) is 0.520. The third-order valence-electron chi connectivity index (χ3n) is 0.714. The van der Waals surface area contributed by atoms with E-state index in [9.17, 15) is 0 Å². The molecule has 1 rings (SSSR count). The van der Waals surface area contributed by atoms with Crippen molar-refractivity contribution in [1.29, 1.82) is 0 Å². The minimum atomic E-state index is 0.507. The maximum absolute atomic E-state index is 5.54. The SMILES string of the molecule is [Li][c]1sc(Cl)nc1Cl. The maximum atomic E-state index is 5.54. The molecule has 0 aromatic carbocycles. The molecule has 0 aliphatic carbocycles. The molecule has 0 aliphatic heterocycles. The van der Waals surface area contributed by atoms with Gasteiger partial charge >= 0.3 is 70.4 Å². The average Bonchev–Trinajstić information content (AvgIpc) is 1.85. The van der Waals surface area contributed by atoms with E-state index in [0.717, 1.165) is 3.55 Å². The normalized spacial score (nSPS) is 10.0. The fourth-order valence-corrected chi connectivity index (χ4v) is 1.59. The van der Waals surface area contributed by atoms with Gasteiger partial charge in [-0.05, 0) is 0 Å². The Morgan fingerprint density at radius 3 is 2.25 bits per heavy atom. The van der Waals surface area contributed by atoms with E-state index in [1.165, 1.54) is 11.3 Å². The molecule has 1 nitrogen and oxygen atoms in total. The summed E-state index contributed by atoms with van der Waals surface area (Å²) in [6, 6.07) is 0. The van der Waals surface area contributed by atoms with Crippen LogP contribution in [0, 0.1) is 0 Å². The van der Waals surface area contributed by atoms with E-state index in [2.05, 4.69) is 4.98 Å². The standard InChI is InChI=1S/C3Cl2NS.Li/c4-2-1-7-3(5)6-2;. The third-order valence-corrected chi connectivity index (χ3v) is 2.27. The Morgan fingerprint density at radius 1 is 1.50 bits per heavy atom. The van der Waals surface area contributed by atoms with Crippen LogP contribution in [0.25, 0.3) is 0 Å². The Bertz CT molecular complexity index is 180. The predicted molar refractivity (Wildman–Crippen MR) is 37.5 cm³/mol. The molecule has 0 aliphatic rings. The van der Waals surface area contributed by atoms with Crippen LogP contribution in [0.15, 0.2) is 0 Å². The van der Waals surface area contributed by atoms with Crippen LogP contribution in [-0.4, -0.2) is 22.7 Å². The van der Waals surface area contributed by atoms with Crippen LogP contribution < -0.4 is 3.55 Å². The van der Waals surface area contributed by atoms with Gasteiger partial charge in [-0.3, -0.25) is 0 Å². The molecule has 0 amide bonds. The molecule has 5 heteroatoms. The second kappa shape index (κ2) is 2.60. The summed E-state index contributed by atoms with van der Waals surface area (Å²) in [6.45, 7) is 0.